The first-order chi connectivity index (χ1) is 18.5. The molecule has 188 valence electrons. The van der Waals surface area contributed by atoms with Gasteiger partial charge < -0.3 is 25.3 Å². The predicted molar refractivity (Wildman–Crippen MR) is 157 cm³/mol. The molecule has 0 amide bonds. The van der Waals surface area contributed by atoms with E-state index < -0.39 is 23.0 Å². The molecular weight excluding hydrogens is 494 g/mol. The summed E-state index contributed by atoms with van der Waals surface area (Å²) in [6.07, 6.45) is 4.35. The first-order valence-corrected chi connectivity index (χ1v) is 12.7. The van der Waals surface area contributed by atoms with Crippen molar-refractivity contribution in [2.24, 2.45) is 0 Å². The Kier molecular flexibility index (Phi) is 6.64. The van der Waals surface area contributed by atoms with Crippen LogP contribution in [0.4, 0.5) is 17.1 Å². The average Bonchev–Trinajstić information content (AvgIpc) is 3.49. The monoisotopic (exact) mass is 519 g/mol. The lowest BCUT2D eigenvalue weighted by Gasteiger charge is -2.29. The average molecular weight is 520 g/mol. The number of allylic oxidation sites excluding steroid dienone is 4. The molecule has 5 aromatic rings. The molecule has 38 heavy (non-hydrogen) atoms. The van der Waals surface area contributed by atoms with Gasteiger partial charge >= 0.3 is 0 Å². The van der Waals surface area contributed by atoms with Crippen molar-refractivity contribution in [2.45, 2.75) is 0 Å². The van der Waals surface area contributed by atoms with Crippen LogP contribution in [0, 0.1) is 0 Å². The van der Waals surface area contributed by atoms with Crippen molar-refractivity contribution in [3.05, 3.63) is 121 Å². The van der Waals surface area contributed by atoms with Crippen molar-refractivity contribution < 1.29 is 20.4 Å². The van der Waals surface area contributed by atoms with Crippen molar-refractivity contribution in [1.82, 2.24) is 0 Å². The van der Waals surface area contributed by atoms with Gasteiger partial charge in [-0.05, 0) is 46.2 Å². The minimum atomic E-state index is -0.595. The summed E-state index contributed by atoms with van der Waals surface area (Å²) in [7, 11) is 0. The van der Waals surface area contributed by atoms with Crippen LogP contribution in [-0.2, 0) is 0 Å². The third-order valence-electron chi connectivity index (χ3n) is 6.34. The molecule has 0 fully saturated rings. The highest BCUT2D eigenvalue weighted by Gasteiger charge is 2.30. The molecule has 1 aromatic heterocycles. The van der Waals surface area contributed by atoms with E-state index in [9.17, 15) is 20.4 Å². The number of fused-ring (bicyclic) bond motifs is 1. The van der Waals surface area contributed by atoms with Crippen LogP contribution in [0.1, 0.15) is 5.56 Å². The molecule has 0 aliphatic rings. The molecule has 5 nitrogen and oxygen atoms in total. The number of rotatable bonds is 7. The van der Waals surface area contributed by atoms with Gasteiger partial charge in [0, 0.05) is 16.0 Å². The summed E-state index contributed by atoms with van der Waals surface area (Å²) in [5.41, 5.74) is 2.22. The molecule has 0 aliphatic carbocycles. The fourth-order valence-electron chi connectivity index (χ4n) is 4.56. The molecule has 0 saturated heterocycles. The van der Waals surface area contributed by atoms with Crippen molar-refractivity contribution in [2.75, 3.05) is 4.90 Å². The van der Waals surface area contributed by atoms with E-state index in [0.717, 1.165) is 21.2 Å². The van der Waals surface area contributed by atoms with Crippen LogP contribution in [0.5, 0.6) is 23.0 Å². The van der Waals surface area contributed by atoms with Crippen LogP contribution in [0.2, 0.25) is 0 Å². The van der Waals surface area contributed by atoms with Gasteiger partial charge in [-0.1, -0.05) is 86.0 Å². The molecule has 0 radical (unpaired) electrons. The second kappa shape index (κ2) is 10.2. The largest absolute Gasteiger partial charge is 0.504 e. The quantitative estimate of drug-likeness (QED) is 0.0983. The van der Waals surface area contributed by atoms with Gasteiger partial charge in [0.05, 0.1) is 11.3 Å². The Balaban J connectivity index is 1.80. The van der Waals surface area contributed by atoms with Crippen molar-refractivity contribution in [3.8, 4) is 33.4 Å². The zero-order valence-electron chi connectivity index (χ0n) is 20.4. The lowest BCUT2D eigenvalue weighted by Crippen LogP contribution is -2.11. The highest BCUT2D eigenvalue weighted by Crippen LogP contribution is 2.57. The number of phenolic OH excluding ortho intramolecular Hbond substituents is 4. The molecule has 0 aliphatic heterocycles. The Hall–Kier alpha value is -4.94. The molecule has 4 N–H and O–H groups in total. The highest BCUT2D eigenvalue weighted by molar-refractivity contribution is 7.13. The van der Waals surface area contributed by atoms with E-state index in [4.69, 9.17) is 0 Å². The van der Waals surface area contributed by atoms with E-state index in [1.165, 1.54) is 18.2 Å². The maximum absolute atomic E-state index is 11.3. The van der Waals surface area contributed by atoms with Crippen LogP contribution in [0.25, 0.3) is 26.8 Å². The number of anilines is 3. The zero-order valence-corrected chi connectivity index (χ0v) is 21.2. The number of thiophene rings is 1. The van der Waals surface area contributed by atoms with Gasteiger partial charge in [0.1, 0.15) is 5.69 Å². The molecule has 0 unspecified atom stereocenters. The minimum Gasteiger partial charge on any atom is -0.504 e. The second-order valence-corrected chi connectivity index (χ2v) is 9.49. The summed E-state index contributed by atoms with van der Waals surface area (Å²) in [5, 5.41) is 48.6. The van der Waals surface area contributed by atoms with Crippen LogP contribution in [-0.4, -0.2) is 20.4 Å². The number of hydrogen-bond donors (Lipinski definition) is 4. The van der Waals surface area contributed by atoms with Crippen molar-refractivity contribution in [1.29, 1.82) is 0 Å². The lowest BCUT2D eigenvalue weighted by molar-refractivity contribution is 0.373. The van der Waals surface area contributed by atoms with Gasteiger partial charge in [0.25, 0.3) is 0 Å². The predicted octanol–water partition coefficient (Wildman–Crippen LogP) is 8.62. The SMILES string of the molecule is C=C/C=C(\C=C)c1c(O)c(O)c(N(c2ccc(-c3cccs3)cc2)c2cccc3ccccc23)c(O)c1O. The van der Waals surface area contributed by atoms with Crippen LogP contribution in [0.3, 0.4) is 0 Å². The van der Waals surface area contributed by atoms with Crippen LogP contribution in [0.15, 0.2) is 116 Å². The molecule has 1 heterocycles. The molecule has 0 saturated carbocycles. The highest BCUT2D eigenvalue weighted by atomic mass is 32.1. The van der Waals surface area contributed by atoms with E-state index in [-0.39, 0.29) is 16.8 Å². The Morgan fingerprint density at radius 2 is 1.42 bits per heavy atom. The Bertz CT molecular complexity index is 1650. The summed E-state index contributed by atoms with van der Waals surface area (Å²) in [6, 6.07) is 25.1. The Labute approximate surface area is 224 Å². The summed E-state index contributed by atoms with van der Waals surface area (Å²) < 4.78 is 0. The molecule has 0 bridgehead atoms. The zero-order chi connectivity index (χ0) is 26.8. The summed E-state index contributed by atoms with van der Waals surface area (Å²) in [5.74, 6) is -2.38. The van der Waals surface area contributed by atoms with E-state index in [0.29, 0.717) is 11.4 Å². The number of benzene rings is 4. The topological polar surface area (TPSA) is 84.2 Å². The molecule has 0 atom stereocenters. The summed E-state index contributed by atoms with van der Waals surface area (Å²) in [4.78, 5) is 2.73. The standard InChI is InChI=1S/C32H25NO4S/c1-3-9-20(4-2)27-29(34)31(36)28(32(37)30(27)35)33(25-13-7-11-21-10-5-6-12-24(21)25)23-17-15-22(16-18-23)26-14-8-19-38-26/h3-19,34-37H,1-2H2/b20-9+. The molecule has 6 heteroatoms. The van der Waals surface area contributed by atoms with E-state index in [1.54, 1.807) is 16.2 Å². The first kappa shape index (κ1) is 24.7. The van der Waals surface area contributed by atoms with Gasteiger partial charge in [-0.15, -0.1) is 11.3 Å². The Morgan fingerprint density at radius 1 is 0.737 bits per heavy atom. The van der Waals surface area contributed by atoms with Gasteiger partial charge in [0.2, 0.25) is 0 Å². The summed E-state index contributed by atoms with van der Waals surface area (Å²) in [6.45, 7) is 7.34. The van der Waals surface area contributed by atoms with Crippen molar-refractivity contribution in [3.63, 3.8) is 0 Å². The molecule has 4 aromatic carbocycles. The number of hydrogen-bond acceptors (Lipinski definition) is 6. The second-order valence-electron chi connectivity index (χ2n) is 8.54. The van der Waals surface area contributed by atoms with Crippen LogP contribution >= 0.6 is 11.3 Å². The minimum absolute atomic E-state index is 0.149. The fraction of sp³-hybridized carbons (Fsp3) is 0. The maximum atomic E-state index is 11.3. The number of nitrogens with zero attached hydrogens (tertiary/aromatic N) is 1. The molecule has 5 rings (SSSR count). The van der Waals surface area contributed by atoms with Crippen LogP contribution < -0.4 is 4.90 Å². The van der Waals surface area contributed by atoms with E-state index >= 15 is 0 Å². The van der Waals surface area contributed by atoms with E-state index in [1.807, 2.05) is 84.2 Å². The van der Waals surface area contributed by atoms with Gasteiger partial charge in [0.15, 0.2) is 23.0 Å². The normalized spacial score (nSPS) is 11.4. The van der Waals surface area contributed by atoms with Gasteiger partial charge in [-0.25, -0.2) is 0 Å². The summed E-state index contributed by atoms with van der Waals surface area (Å²) >= 11 is 1.62. The van der Waals surface area contributed by atoms with Gasteiger partial charge in [-0.2, -0.15) is 0 Å². The first-order valence-electron chi connectivity index (χ1n) is 11.8. The van der Waals surface area contributed by atoms with Gasteiger partial charge in [-0.3, -0.25) is 0 Å². The fourth-order valence-corrected chi connectivity index (χ4v) is 5.29. The number of aromatic hydroxyl groups is 4. The third kappa shape index (κ3) is 4.17. The smallest absolute Gasteiger partial charge is 0.186 e. The van der Waals surface area contributed by atoms with E-state index in [2.05, 4.69) is 13.2 Å². The Morgan fingerprint density at radius 3 is 2.05 bits per heavy atom. The third-order valence-corrected chi connectivity index (χ3v) is 7.26. The van der Waals surface area contributed by atoms with Crippen molar-refractivity contribution >= 4 is 44.7 Å². The molecule has 0 spiro atoms. The molecular formula is C32H25NO4S. The maximum Gasteiger partial charge on any atom is 0.186 e. The lowest BCUT2D eigenvalue weighted by atomic mass is 9.99. The number of phenols is 4.